The molecule has 0 N–H and O–H groups in total. The fraction of sp³-hybridized carbons (Fsp3) is 0.200. The van der Waals surface area contributed by atoms with Crippen molar-refractivity contribution in [2.24, 2.45) is 4.99 Å². The van der Waals surface area contributed by atoms with Gasteiger partial charge in [-0.2, -0.15) is 0 Å². The van der Waals surface area contributed by atoms with Crippen LogP contribution in [-0.2, 0) is 14.3 Å². The summed E-state index contributed by atoms with van der Waals surface area (Å²) >= 11 is 7.72. The summed E-state index contributed by atoms with van der Waals surface area (Å²) in [5.74, 6) is -0.531. The number of rotatable bonds is 5. The van der Waals surface area contributed by atoms with E-state index in [2.05, 4.69) is 4.99 Å². The van der Waals surface area contributed by atoms with E-state index in [1.54, 1.807) is 68.5 Å². The second-order valence-electron chi connectivity index (χ2n) is 7.49. The predicted molar refractivity (Wildman–Crippen MR) is 130 cm³/mol. The summed E-state index contributed by atoms with van der Waals surface area (Å²) in [5.41, 5.74) is 1.81. The largest absolute Gasteiger partial charge is 0.463 e. The monoisotopic (exact) mass is 496 g/mol. The van der Waals surface area contributed by atoms with Gasteiger partial charge in [0, 0.05) is 11.9 Å². The van der Waals surface area contributed by atoms with Gasteiger partial charge in [-0.1, -0.05) is 53.3 Å². The van der Waals surface area contributed by atoms with Gasteiger partial charge in [0.25, 0.3) is 5.56 Å². The highest BCUT2D eigenvalue weighted by molar-refractivity contribution is 7.07. The molecule has 0 amide bonds. The molecule has 0 spiro atoms. The Labute approximate surface area is 204 Å². The Kier molecular flexibility index (Phi) is 6.81. The maximum Gasteiger partial charge on any atom is 0.338 e. The lowest BCUT2D eigenvalue weighted by Crippen LogP contribution is -2.40. The molecule has 7 nitrogen and oxygen atoms in total. The average Bonchev–Trinajstić information content (AvgIpc) is 3.09. The summed E-state index contributed by atoms with van der Waals surface area (Å²) in [6.07, 6.45) is 1.73. The van der Waals surface area contributed by atoms with Gasteiger partial charge < -0.3 is 9.47 Å². The van der Waals surface area contributed by atoms with Crippen LogP contribution >= 0.6 is 22.9 Å². The molecule has 2 heterocycles. The second-order valence-corrected chi connectivity index (χ2v) is 8.90. The molecule has 0 saturated carbocycles. The van der Waals surface area contributed by atoms with E-state index in [0.29, 0.717) is 31.4 Å². The molecule has 174 valence electrons. The lowest BCUT2D eigenvalue weighted by molar-refractivity contribution is -0.139. The third-order valence-electron chi connectivity index (χ3n) is 5.16. The Hall–Kier alpha value is -3.49. The van der Waals surface area contributed by atoms with Gasteiger partial charge in [0.1, 0.15) is 11.8 Å². The summed E-state index contributed by atoms with van der Waals surface area (Å²) < 4.78 is 12.3. The first-order chi connectivity index (χ1) is 16.3. The van der Waals surface area contributed by atoms with Gasteiger partial charge in [0.2, 0.25) is 0 Å². The van der Waals surface area contributed by atoms with Gasteiger partial charge in [0.05, 0.1) is 22.4 Å². The van der Waals surface area contributed by atoms with Crippen molar-refractivity contribution in [2.75, 3.05) is 6.61 Å². The number of carbonyl (C=O) groups is 2. The van der Waals surface area contributed by atoms with Crippen LogP contribution in [0, 0.1) is 0 Å². The number of fused-ring (bicyclic) bond motifs is 1. The third-order valence-corrected chi connectivity index (χ3v) is 6.48. The minimum atomic E-state index is -0.766. The van der Waals surface area contributed by atoms with Gasteiger partial charge in [-0.3, -0.25) is 14.2 Å². The first-order valence-electron chi connectivity index (χ1n) is 10.5. The molecule has 1 aromatic heterocycles. The molecular weight excluding hydrogens is 476 g/mol. The number of benzene rings is 2. The Bertz CT molecular complexity index is 1480. The summed E-state index contributed by atoms with van der Waals surface area (Å²) in [7, 11) is 0. The molecule has 0 radical (unpaired) electrons. The lowest BCUT2D eigenvalue weighted by atomic mass is 9.96. The number of aromatic nitrogens is 1. The zero-order valence-corrected chi connectivity index (χ0v) is 20.3. The summed E-state index contributed by atoms with van der Waals surface area (Å²) in [6.45, 7) is 4.97. The van der Waals surface area contributed by atoms with Crippen molar-refractivity contribution < 1.29 is 19.1 Å². The fourth-order valence-electron chi connectivity index (χ4n) is 3.73. The number of esters is 2. The lowest BCUT2D eigenvalue weighted by Gasteiger charge is -2.25. The van der Waals surface area contributed by atoms with Crippen molar-refractivity contribution in [3.8, 4) is 5.75 Å². The molecule has 0 aliphatic carbocycles. The first-order valence-corrected chi connectivity index (χ1v) is 11.7. The SMILES string of the molecule is CCOC(=O)C1=C(C)N=c2s/c(=C/c3ccc(OC(C)=O)cc3)c(=O)n2[C@H]1c1ccccc1Cl. The topological polar surface area (TPSA) is 87.0 Å². The molecular formula is C25H21ClN2O5S. The van der Waals surface area contributed by atoms with Gasteiger partial charge in [-0.05, 0) is 49.2 Å². The van der Waals surface area contributed by atoms with Crippen LogP contribution < -0.4 is 19.6 Å². The Balaban J connectivity index is 1.88. The van der Waals surface area contributed by atoms with E-state index in [4.69, 9.17) is 21.1 Å². The van der Waals surface area contributed by atoms with Crippen LogP contribution in [-0.4, -0.2) is 23.1 Å². The minimum Gasteiger partial charge on any atom is -0.463 e. The maximum atomic E-state index is 13.6. The number of ether oxygens (including phenoxy) is 2. The fourth-order valence-corrected chi connectivity index (χ4v) is 5.02. The van der Waals surface area contributed by atoms with E-state index >= 15 is 0 Å². The van der Waals surface area contributed by atoms with E-state index in [9.17, 15) is 14.4 Å². The highest BCUT2D eigenvalue weighted by Gasteiger charge is 2.34. The van der Waals surface area contributed by atoms with Crippen LogP contribution in [0.3, 0.4) is 0 Å². The minimum absolute atomic E-state index is 0.193. The molecule has 0 fully saturated rings. The quantitative estimate of drug-likeness (QED) is 0.399. The van der Waals surface area contributed by atoms with Crippen LogP contribution in [0.5, 0.6) is 5.75 Å². The number of carbonyl (C=O) groups excluding carboxylic acids is 2. The van der Waals surface area contributed by atoms with Crippen LogP contribution in [0.1, 0.15) is 37.9 Å². The van der Waals surface area contributed by atoms with Crippen molar-refractivity contribution in [1.82, 2.24) is 4.57 Å². The smallest absolute Gasteiger partial charge is 0.338 e. The Morgan fingerprint density at radius 2 is 1.88 bits per heavy atom. The van der Waals surface area contributed by atoms with Crippen LogP contribution in [0.25, 0.3) is 6.08 Å². The summed E-state index contributed by atoms with van der Waals surface area (Å²) in [4.78, 5) is 42.6. The molecule has 0 unspecified atom stereocenters. The summed E-state index contributed by atoms with van der Waals surface area (Å²) in [5, 5.41) is 0.430. The molecule has 1 aliphatic heterocycles. The molecule has 9 heteroatoms. The molecule has 3 aromatic rings. The van der Waals surface area contributed by atoms with Crippen LogP contribution in [0.4, 0.5) is 0 Å². The van der Waals surface area contributed by atoms with Crippen LogP contribution in [0.15, 0.2) is 69.6 Å². The van der Waals surface area contributed by atoms with Crippen molar-refractivity contribution in [2.45, 2.75) is 26.8 Å². The van der Waals surface area contributed by atoms with Gasteiger partial charge in [-0.15, -0.1) is 0 Å². The molecule has 4 rings (SSSR count). The van der Waals surface area contributed by atoms with E-state index in [1.807, 2.05) is 0 Å². The van der Waals surface area contributed by atoms with Crippen molar-refractivity contribution in [1.29, 1.82) is 0 Å². The zero-order valence-electron chi connectivity index (χ0n) is 18.7. The number of hydrogen-bond donors (Lipinski definition) is 0. The number of nitrogens with zero attached hydrogens (tertiary/aromatic N) is 2. The van der Waals surface area contributed by atoms with E-state index in [-0.39, 0.29) is 17.7 Å². The van der Waals surface area contributed by atoms with E-state index in [1.165, 1.54) is 22.8 Å². The molecule has 1 atom stereocenters. The summed E-state index contributed by atoms with van der Waals surface area (Å²) in [6, 6.07) is 13.1. The number of allylic oxidation sites excluding steroid dienone is 1. The number of halogens is 1. The van der Waals surface area contributed by atoms with Crippen molar-refractivity contribution >= 4 is 41.0 Å². The average molecular weight is 497 g/mol. The molecule has 2 aromatic carbocycles. The van der Waals surface area contributed by atoms with E-state index in [0.717, 1.165) is 5.56 Å². The molecule has 0 saturated heterocycles. The Morgan fingerprint density at radius 1 is 1.18 bits per heavy atom. The van der Waals surface area contributed by atoms with Crippen molar-refractivity contribution in [3.63, 3.8) is 0 Å². The second kappa shape index (κ2) is 9.79. The predicted octanol–water partition coefficient (Wildman–Crippen LogP) is 3.38. The molecule has 0 bridgehead atoms. The number of thiazole rings is 1. The third kappa shape index (κ3) is 4.60. The van der Waals surface area contributed by atoms with Crippen molar-refractivity contribution in [3.05, 3.63) is 95.6 Å². The first kappa shape index (κ1) is 23.7. The normalized spacial score (nSPS) is 15.5. The maximum absolute atomic E-state index is 13.6. The highest BCUT2D eigenvalue weighted by Crippen LogP contribution is 2.34. The Morgan fingerprint density at radius 3 is 2.53 bits per heavy atom. The highest BCUT2D eigenvalue weighted by atomic mass is 35.5. The zero-order chi connectivity index (χ0) is 24.4. The molecule has 1 aliphatic rings. The number of hydrogen-bond acceptors (Lipinski definition) is 7. The van der Waals surface area contributed by atoms with Gasteiger partial charge >= 0.3 is 11.9 Å². The van der Waals surface area contributed by atoms with Crippen LogP contribution in [0.2, 0.25) is 5.02 Å². The molecule has 34 heavy (non-hydrogen) atoms. The van der Waals surface area contributed by atoms with E-state index < -0.39 is 18.0 Å². The van der Waals surface area contributed by atoms with Gasteiger partial charge in [-0.25, -0.2) is 9.79 Å². The van der Waals surface area contributed by atoms with Gasteiger partial charge in [0.15, 0.2) is 4.80 Å². The standard InChI is InChI=1S/C25H21ClN2O5S/c1-4-32-24(31)21-14(2)27-25-28(22(21)18-7-5-6-8-19(18)26)23(30)20(34-25)13-16-9-11-17(12-10-16)33-15(3)29/h5-13,22H,4H2,1-3H3/b20-13+/t22-/m0/s1.